The maximum absolute atomic E-state index is 15.7. The molecule has 0 aliphatic carbocycles. The van der Waals surface area contributed by atoms with Gasteiger partial charge in [-0.3, -0.25) is 28.8 Å². The molecule has 7 heterocycles. The number of aliphatic hydroxyl groups excluding tert-OH is 1. The van der Waals surface area contributed by atoms with Crippen LogP contribution in [0.4, 0.5) is 5.69 Å². The number of rotatable bonds is 10. The molecular weight excluding hydrogens is 955 g/mol. The SMILES string of the molecule is CC[C@H]1NC(=O)[C@@H](NC(=O)c2ncccc2O)[C@H](C)OC(=O)[C@H](c2ccccc2)NC(=O)[C@@H]2C[C@H](O)[C@@H](CS[C@@H]3CN4CCC3CC4)CN2C(=O)[C@H](Cc2ccc(N(C)C)cc2)N(C)C(=O)[C@@H]2CCCN2C1=O. The first-order valence-electron chi connectivity index (χ1n) is 25.5. The number of cyclic esters (lactones) is 1. The molecule has 5 N–H and O–H groups in total. The Morgan fingerprint density at radius 3 is 2.25 bits per heavy atom. The highest BCUT2D eigenvalue weighted by Crippen LogP contribution is 2.38. The molecule has 10 atom stereocenters. The first-order valence-corrected chi connectivity index (χ1v) is 26.5. The van der Waals surface area contributed by atoms with E-state index < -0.39 is 107 Å². The molecule has 0 unspecified atom stereocenters. The van der Waals surface area contributed by atoms with Gasteiger partial charge in [-0.25, -0.2) is 9.78 Å². The molecule has 3 aromatic rings. The Balaban J connectivity index is 1.19. The fourth-order valence-corrected chi connectivity index (χ4v) is 12.6. The number of ether oxygens (including phenoxy) is 1. The third kappa shape index (κ3) is 11.9. The number of aliphatic hydroxyl groups is 1. The van der Waals surface area contributed by atoms with Gasteiger partial charge in [0, 0.05) is 82.4 Å². The summed E-state index contributed by atoms with van der Waals surface area (Å²) in [5, 5.41) is 30.9. The van der Waals surface area contributed by atoms with Gasteiger partial charge in [0.15, 0.2) is 11.7 Å². The van der Waals surface area contributed by atoms with E-state index in [0.717, 1.165) is 43.7 Å². The number of carbonyl (C=O) groups is 7. The highest BCUT2D eigenvalue weighted by atomic mass is 32.2. The molecule has 0 radical (unpaired) electrons. The van der Waals surface area contributed by atoms with Gasteiger partial charge in [0.25, 0.3) is 5.91 Å². The number of fused-ring (bicyclic) bond motifs is 5. The Morgan fingerprint density at radius 2 is 1.59 bits per heavy atom. The number of hydrogen-bond acceptors (Lipinski definition) is 14. The van der Waals surface area contributed by atoms with E-state index >= 15 is 14.4 Å². The third-order valence-electron chi connectivity index (χ3n) is 15.3. The van der Waals surface area contributed by atoms with Crippen molar-refractivity contribution in [1.82, 2.24) is 40.5 Å². The molecule has 0 saturated carbocycles. The van der Waals surface area contributed by atoms with Crippen LogP contribution in [-0.4, -0.2) is 183 Å². The molecule has 1 aromatic heterocycles. The smallest absolute Gasteiger partial charge is 0.333 e. The number of aromatic nitrogens is 1. The third-order valence-corrected chi connectivity index (χ3v) is 16.9. The zero-order chi connectivity index (χ0) is 52.1. The molecule has 392 valence electrons. The van der Waals surface area contributed by atoms with Crippen molar-refractivity contribution in [3.05, 3.63) is 89.7 Å². The van der Waals surface area contributed by atoms with E-state index in [1.807, 2.05) is 43.3 Å². The van der Waals surface area contributed by atoms with Crippen molar-refractivity contribution in [2.45, 2.75) is 113 Å². The minimum Gasteiger partial charge on any atom is -0.505 e. The molecule has 6 fully saturated rings. The standard InChI is InChI=1S/C53H69N9O10S/c1-6-37-50(68)61-23-11-14-38(61)51(69)59(5)40(26-32-16-18-36(19-17-32)58(3)4)52(70)62-28-35(30-73-43-29-60-24-20-33(43)21-25-60)42(64)27-39(62)47(65)57-45(34-12-8-7-9-13-34)53(71)72-31(2)44(48(66)55-37)56-49(67)46-41(63)15-10-22-54-46/h7-10,12-13,15-19,22,31,33,35,37-40,42-45,63-64H,6,11,14,20-21,23-30H2,1-5H3,(H,55,66)(H,56,67)(H,57,65)/t31-,35+,37+,38-,39-,40-,42-,43+,44-,45-/m0/s1. The van der Waals surface area contributed by atoms with Crippen molar-refractivity contribution in [3.63, 3.8) is 0 Å². The number of pyridine rings is 1. The highest BCUT2D eigenvalue weighted by molar-refractivity contribution is 7.99. The molecule has 0 spiro atoms. The molecule has 6 amide bonds. The molecule has 2 bridgehead atoms. The number of likely N-dealkylation sites (N-methyl/N-ethyl adjacent to an activating group) is 1. The number of aromatic hydroxyl groups is 1. The van der Waals surface area contributed by atoms with Crippen LogP contribution in [-0.2, 0) is 39.9 Å². The fraction of sp³-hybridized carbons (Fsp3) is 0.547. The summed E-state index contributed by atoms with van der Waals surface area (Å²) >= 11 is 1.79. The van der Waals surface area contributed by atoms with E-state index in [4.69, 9.17) is 4.74 Å². The first kappa shape index (κ1) is 53.1. The van der Waals surface area contributed by atoms with Crippen molar-refractivity contribution >= 4 is 58.9 Å². The lowest BCUT2D eigenvalue weighted by atomic mass is 9.88. The van der Waals surface area contributed by atoms with Crippen LogP contribution in [0.5, 0.6) is 5.75 Å². The van der Waals surface area contributed by atoms with Crippen molar-refractivity contribution in [2.75, 3.05) is 64.5 Å². The van der Waals surface area contributed by atoms with Gasteiger partial charge in [-0.05, 0) is 93.4 Å². The number of benzene rings is 2. The molecule has 6 aliphatic rings. The first-order chi connectivity index (χ1) is 35.0. The molecule has 19 nitrogen and oxygen atoms in total. The molecular formula is C53H69N9O10S. The number of piperidine rings is 4. The summed E-state index contributed by atoms with van der Waals surface area (Å²) in [7, 11) is 5.36. The second-order valence-corrected chi connectivity index (χ2v) is 21.6. The second-order valence-electron chi connectivity index (χ2n) is 20.3. The summed E-state index contributed by atoms with van der Waals surface area (Å²) in [6, 6.07) is 10.6. The lowest BCUT2D eigenvalue weighted by Crippen LogP contribution is -2.63. The highest BCUT2D eigenvalue weighted by Gasteiger charge is 2.48. The molecule has 6 aliphatic heterocycles. The minimum absolute atomic E-state index is 0.0189. The van der Waals surface area contributed by atoms with Crippen LogP contribution in [0.2, 0.25) is 0 Å². The number of carbonyl (C=O) groups excluding carboxylic acids is 7. The average Bonchev–Trinajstić information content (AvgIpc) is 3.89. The van der Waals surface area contributed by atoms with E-state index in [2.05, 4.69) is 25.8 Å². The summed E-state index contributed by atoms with van der Waals surface area (Å²) in [6.45, 7) is 6.30. The predicted octanol–water partition coefficient (Wildman–Crippen LogP) is 2.12. The van der Waals surface area contributed by atoms with Gasteiger partial charge in [-0.15, -0.1) is 0 Å². The Bertz CT molecular complexity index is 2490. The maximum Gasteiger partial charge on any atom is 0.333 e. The van der Waals surface area contributed by atoms with Crippen LogP contribution in [0.1, 0.15) is 80.0 Å². The second kappa shape index (κ2) is 23.3. The number of anilines is 1. The normalized spacial score (nSPS) is 30.5. The van der Waals surface area contributed by atoms with Crippen molar-refractivity contribution in [2.24, 2.45) is 11.8 Å². The molecule has 2 aromatic carbocycles. The minimum atomic E-state index is -1.68. The Kier molecular flexibility index (Phi) is 16.9. The van der Waals surface area contributed by atoms with E-state index in [0.29, 0.717) is 28.9 Å². The van der Waals surface area contributed by atoms with Gasteiger partial charge in [0.2, 0.25) is 29.5 Å². The topological polar surface area (TPSA) is 234 Å². The van der Waals surface area contributed by atoms with Gasteiger partial charge in [0.05, 0.1) is 6.10 Å². The quantitative estimate of drug-likeness (QED) is 0.183. The van der Waals surface area contributed by atoms with Crippen LogP contribution in [0.15, 0.2) is 72.9 Å². The van der Waals surface area contributed by atoms with Crippen molar-refractivity contribution < 1.29 is 48.5 Å². The van der Waals surface area contributed by atoms with Crippen molar-refractivity contribution in [1.29, 1.82) is 0 Å². The van der Waals surface area contributed by atoms with E-state index in [9.17, 15) is 29.4 Å². The summed E-state index contributed by atoms with van der Waals surface area (Å²) in [6.07, 6.45) is 1.70. The zero-order valence-electron chi connectivity index (χ0n) is 42.2. The molecule has 73 heavy (non-hydrogen) atoms. The van der Waals surface area contributed by atoms with E-state index in [1.165, 1.54) is 47.0 Å². The predicted molar refractivity (Wildman–Crippen MR) is 273 cm³/mol. The van der Waals surface area contributed by atoms with Gasteiger partial charge in [-0.1, -0.05) is 49.4 Å². The monoisotopic (exact) mass is 1020 g/mol. The zero-order valence-corrected chi connectivity index (χ0v) is 43.0. The summed E-state index contributed by atoms with van der Waals surface area (Å²) in [5.74, 6) is -5.12. The van der Waals surface area contributed by atoms with Crippen LogP contribution in [0.25, 0.3) is 0 Å². The van der Waals surface area contributed by atoms with Crippen molar-refractivity contribution in [3.8, 4) is 5.75 Å². The number of hydrogen-bond donors (Lipinski definition) is 5. The largest absolute Gasteiger partial charge is 0.505 e. The number of nitrogens with zero attached hydrogens (tertiary/aromatic N) is 6. The number of amides is 6. The number of thioether (sulfide) groups is 1. The van der Waals surface area contributed by atoms with E-state index in [1.54, 1.807) is 49.0 Å². The van der Waals surface area contributed by atoms with Gasteiger partial charge >= 0.3 is 5.97 Å². The maximum atomic E-state index is 15.7. The van der Waals surface area contributed by atoms with Gasteiger partial charge in [0.1, 0.15) is 42.1 Å². The summed E-state index contributed by atoms with van der Waals surface area (Å²) in [4.78, 5) is 116. The summed E-state index contributed by atoms with van der Waals surface area (Å²) in [5.41, 5.74) is 1.54. The molecule has 6 saturated heterocycles. The van der Waals surface area contributed by atoms with Crippen LogP contribution >= 0.6 is 11.8 Å². The van der Waals surface area contributed by atoms with E-state index in [-0.39, 0.29) is 38.8 Å². The van der Waals surface area contributed by atoms with Crippen LogP contribution < -0.4 is 20.9 Å². The average molecular weight is 1020 g/mol. The Labute approximate surface area is 430 Å². The summed E-state index contributed by atoms with van der Waals surface area (Å²) < 4.78 is 5.99. The van der Waals surface area contributed by atoms with Crippen LogP contribution in [0, 0.1) is 11.8 Å². The van der Waals surface area contributed by atoms with Gasteiger partial charge in [-0.2, -0.15) is 11.8 Å². The Morgan fingerprint density at radius 1 is 0.863 bits per heavy atom. The number of esters is 1. The Hall–Kier alpha value is -6.25. The van der Waals surface area contributed by atoms with Gasteiger partial charge < -0.3 is 55.4 Å². The number of nitrogens with one attached hydrogen (secondary N) is 3. The lowest BCUT2D eigenvalue weighted by molar-refractivity contribution is -0.158. The molecule has 20 heteroatoms. The van der Waals surface area contributed by atoms with Crippen LogP contribution in [0.3, 0.4) is 0 Å². The fourth-order valence-electron chi connectivity index (χ4n) is 10.9. The lowest BCUT2D eigenvalue weighted by Gasteiger charge is -2.46. The molecule has 9 rings (SSSR count).